The summed E-state index contributed by atoms with van der Waals surface area (Å²) in [6.07, 6.45) is 4.94. The van der Waals surface area contributed by atoms with Gasteiger partial charge in [0.15, 0.2) is 6.61 Å². The lowest BCUT2D eigenvalue weighted by atomic mass is 10.1. The zero-order valence-electron chi connectivity index (χ0n) is 17.6. The molecule has 2 aromatic carbocycles. The topological polar surface area (TPSA) is 59.4 Å². The Hall–Kier alpha value is -2.86. The lowest BCUT2D eigenvalue weighted by molar-refractivity contribution is -0.118. The van der Waals surface area contributed by atoms with Crippen molar-refractivity contribution in [2.24, 2.45) is 0 Å². The fourth-order valence-electron chi connectivity index (χ4n) is 4.03. The highest BCUT2D eigenvalue weighted by Crippen LogP contribution is 2.23. The number of imidazole rings is 1. The van der Waals surface area contributed by atoms with Crippen LogP contribution in [0.4, 0.5) is 5.69 Å². The summed E-state index contributed by atoms with van der Waals surface area (Å²) in [4.78, 5) is 19.7. The first-order chi connectivity index (χ1) is 14.7. The largest absolute Gasteiger partial charge is 0.484 e. The van der Waals surface area contributed by atoms with Gasteiger partial charge in [-0.05, 0) is 62.7 Å². The van der Waals surface area contributed by atoms with Gasteiger partial charge in [0.2, 0.25) is 0 Å². The van der Waals surface area contributed by atoms with E-state index in [1.165, 1.54) is 19.3 Å². The fourth-order valence-corrected chi connectivity index (χ4v) is 4.03. The molecule has 0 radical (unpaired) electrons. The van der Waals surface area contributed by atoms with Crippen LogP contribution in [0.2, 0.25) is 0 Å². The van der Waals surface area contributed by atoms with E-state index in [9.17, 15) is 4.79 Å². The van der Waals surface area contributed by atoms with Crippen molar-refractivity contribution in [2.75, 3.05) is 25.0 Å². The van der Waals surface area contributed by atoms with Crippen molar-refractivity contribution in [1.29, 1.82) is 0 Å². The molecule has 0 unspecified atom stereocenters. The second-order valence-corrected chi connectivity index (χ2v) is 7.87. The molecule has 6 nitrogen and oxygen atoms in total. The summed E-state index contributed by atoms with van der Waals surface area (Å²) in [5.41, 5.74) is 2.80. The third-order valence-electron chi connectivity index (χ3n) is 5.49. The first kappa shape index (κ1) is 20.4. The van der Waals surface area contributed by atoms with E-state index in [1.54, 1.807) is 0 Å². The van der Waals surface area contributed by atoms with Crippen molar-refractivity contribution in [2.45, 2.75) is 45.7 Å². The summed E-state index contributed by atoms with van der Waals surface area (Å²) < 4.78 is 7.86. The standard InChI is InChI=1S/C24H30N4O2/c1-2-13-28-22-12-11-19(25-24(29)18-30-20-9-5-3-6-10-20)16-21(22)26-23(28)17-27-14-7-4-8-15-27/h3,5-6,9-12,16H,2,4,7-8,13-15,17-18H2,1H3,(H,25,29). The van der Waals surface area contributed by atoms with Crippen molar-refractivity contribution in [1.82, 2.24) is 14.5 Å². The quantitative estimate of drug-likeness (QED) is 0.600. The number of likely N-dealkylation sites (tertiary alicyclic amines) is 1. The number of nitrogens with zero attached hydrogens (tertiary/aromatic N) is 3. The summed E-state index contributed by atoms with van der Waals surface area (Å²) in [6.45, 7) is 6.32. The third-order valence-corrected chi connectivity index (χ3v) is 5.49. The Morgan fingerprint density at radius 3 is 2.67 bits per heavy atom. The van der Waals surface area contributed by atoms with Gasteiger partial charge in [0.1, 0.15) is 11.6 Å². The Balaban J connectivity index is 1.46. The number of carbonyl (C=O) groups excluding carboxylic acids is 1. The minimum Gasteiger partial charge on any atom is -0.484 e. The minimum atomic E-state index is -0.181. The molecule has 4 rings (SSSR count). The van der Waals surface area contributed by atoms with Crippen LogP contribution in [0.1, 0.15) is 38.4 Å². The highest BCUT2D eigenvalue weighted by Gasteiger charge is 2.16. The smallest absolute Gasteiger partial charge is 0.262 e. The van der Waals surface area contributed by atoms with Gasteiger partial charge < -0.3 is 14.6 Å². The number of anilines is 1. The normalized spacial score (nSPS) is 14.7. The summed E-state index contributed by atoms with van der Waals surface area (Å²) in [5, 5.41) is 2.92. The molecule has 0 aliphatic carbocycles. The van der Waals surface area contributed by atoms with Crippen molar-refractivity contribution >= 4 is 22.6 Å². The monoisotopic (exact) mass is 406 g/mol. The predicted molar refractivity (Wildman–Crippen MR) is 120 cm³/mol. The zero-order chi connectivity index (χ0) is 20.8. The van der Waals surface area contributed by atoms with E-state index in [-0.39, 0.29) is 12.5 Å². The van der Waals surface area contributed by atoms with Gasteiger partial charge in [0.05, 0.1) is 17.6 Å². The lowest BCUT2D eigenvalue weighted by Gasteiger charge is -2.26. The van der Waals surface area contributed by atoms with Crippen molar-refractivity contribution in [3.05, 3.63) is 54.4 Å². The molecular weight excluding hydrogens is 376 g/mol. The molecule has 1 amide bonds. The van der Waals surface area contributed by atoms with E-state index in [2.05, 4.69) is 27.8 Å². The predicted octanol–water partition coefficient (Wildman–Crippen LogP) is 4.45. The maximum absolute atomic E-state index is 12.3. The Morgan fingerprint density at radius 1 is 1.10 bits per heavy atom. The molecule has 3 aromatic rings. The maximum atomic E-state index is 12.3. The summed E-state index contributed by atoms with van der Waals surface area (Å²) >= 11 is 0. The van der Waals surface area contributed by atoms with E-state index in [0.29, 0.717) is 5.75 Å². The molecule has 0 bridgehead atoms. The molecule has 2 heterocycles. The lowest BCUT2D eigenvalue weighted by Crippen LogP contribution is -2.30. The average Bonchev–Trinajstić information content (AvgIpc) is 3.10. The molecular formula is C24H30N4O2. The Bertz CT molecular complexity index is 978. The van der Waals surface area contributed by atoms with E-state index in [4.69, 9.17) is 9.72 Å². The zero-order valence-corrected chi connectivity index (χ0v) is 17.6. The second kappa shape index (κ2) is 9.76. The van der Waals surface area contributed by atoms with Crippen LogP contribution in [0.25, 0.3) is 11.0 Å². The number of aromatic nitrogens is 2. The van der Waals surface area contributed by atoms with Crippen LogP contribution in [0.5, 0.6) is 5.75 Å². The maximum Gasteiger partial charge on any atom is 0.262 e. The molecule has 1 aromatic heterocycles. The Labute approximate surface area is 177 Å². The number of hydrogen-bond donors (Lipinski definition) is 1. The van der Waals surface area contributed by atoms with Crippen molar-refractivity contribution < 1.29 is 9.53 Å². The fraction of sp³-hybridized carbons (Fsp3) is 0.417. The number of carbonyl (C=O) groups is 1. The molecule has 0 saturated carbocycles. The summed E-state index contributed by atoms with van der Waals surface area (Å²) in [6, 6.07) is 15.3. The second-order valence-electron chi connectivity index (χ2n) is 7.87. The molecule has 1 aliphatic rings. The Morgan fingerprint density at radius 2 is 1.90 bits per heavy atom. The number of ether oxygens (including phenoxy) is 1. The number of rotatable bonds is 8. The molecule has 158 valence electrons. The number of aryl methyl sites for hydroxylation is 1. The molecule has 1 fully saturated rings. The SMILES string of the molecule is CCCn1c(CN2CCCCC2)nc2cc(NC(=O)COc3ccccc3)ccc21. The van der Waals surface area contributed by atoms with E-state index in [0.717, 1.165) is 55.1 Å². The summed E-state index contributed by atoms with van der Waals surface area (Å²) in [7, 11) is 0. The highest BCUT2D eigenvalue weighted by molar-refractivity contribution is 5.94. The van der Waals surface area contributed by atoms with Gasteiger partial charge >= 0.3 is 0 Å². The third kappa shape index (κ3) is 5.00. The summed E-state index contributed by atoms with van der Waals surface area (Å²) in [5.74, 6) is 1.62. The van der Waals surface area contributed by atoms with Crippen LogP contribution < -0.4 is 10.1 Å². The molecule has 1 N–H and O–H groups in total. The average molecular weight is 407 g/mol. The van der Waals surface area contributed by atoms with Crippen LogP contribution in [0.15, 0.2) is 48.5 Å². The van der Waals surface area contributed by atoms with Gasteiger partial charge in [-0.2, -0.15) is 0 Å². The number of para-hydroxylation sites is 1. The van der Waals surface area contributed by atoms with Gasteiger partial charge in [0, 0.05) is 12.2 Å². The van der Waals surface area contributed by atoms with Crippen LogP contribution >= 0.6 is 0 Å². The number of amides is 1. The number of piperidine rings is 1. The molecule has 6 heteroatoms. The van der Waals surface area contributed by atoms with Gasteiger partial charge in [-0.25, -0.2) is 4.98 Å². The number of fused-ring (bicyclic) bond motifs is 1. The molecule has 1 aliphatic heterocycles. The molecule has 1 saturated heterocycles. The van der Waals surface area contributed by atoms with Crippen molar-refractivity contribution in [3.8, 4) is 5.75 Å². The van der Waals surface area contributed by atoms with Crippen molar-refractivity contribution in [3.63, 3.8) is 0 Å². The van der Waals surface area contributed by atoms with Gasteiger partial charge in [-0.1, -0.05) is 31.5 Å². The van der Waals surface area contributed by atoms with Gasteiger partial charge in [0.25, 0.3) is 5.91 Å². The highest BCUT2D eigenvalue weighted by atomic mass is 16.5. The van der Waals surface area contributed by atoms with Gasteiger partial charge in [-0.15, -0.1) is 0 Å². The van der Waals surface area contributed by atoms with Crippen LogP contribution in [-0.4, -0.2) is 40.1 Å². The van der Waals surface area contributed by atoms with E-state index in [1.807, 2.05) is 42.5 Å². The van der Waals surface area contributed by atoms with Crippen LogP contribution in [0, 0.1) is 0 Å². The first-order valence-corrected chi connectivity index (χ1v) is 10.9. The number of benzene rings is 2. The molecule has 0 spiro atoms. The van der Waals surface area contributed by atoms with Gasteiger partial charge in [-0.3, -0.25) is 9.69 Å². The van der Waals surface area contributed by atoms with Crippen LogP contribution in [-0.2, 0) is 17.9 Å². The van der Waals surface area contributed by atoms with E-state index >= 15 is 0 Å². The first-order valence-electron chi connectivity index (χ1n) is 10.9. The molecule has 0 atom stereocenters. The minimum absolute atomic E-state index is 0.0213. The molecule has 30 heavy (non-hydrogen) atoms. The Kier molecular flexibility index (Phi) is 6.64. The number of nitrogens with one attached hydrogen (secondary N) is 1. The van der Waals surface area contributed by atoms with E-state index < -0.39 is 0 Å². The van der Waals surface area contributed by atoms with Crippen LogP contribution in [0.3, 0.4) is 0 Å². The number of hydrogen-bond acceptors (Lipinski definition) is 4.